The van der Waals surface area contributed by atoms with E-state index in [1.165, 1.54) is 12.5 Å². The highest BCUT2D eigenvalue weighted by molar-refractivity contribution is 7.89. The normalized spacial score (nSPS) is 11.5. The van der Waals surface area contributed by atoms with Crippen LogP contribution in [0.25, 0.3) is 0 Å². The number of sulfonamides is 1. The Morgan fingerprint density at radius 1 is 1.38 bits per heavy atom. The molecule has 0 radical (unpaired) electrons. The molecule has 0 amide bonds. The zero-order valence-corrected chi connectivity index (χ0v) is 13.6. The maximum Gasteiger partial charge on any atom is 0.349 e. The first-order chi connectivity index (χ1) is 9.85. The molecule has 0 saturated carbocycles. The molecule has 10 heteroatoms. The van der Waals surface area contributed by atoms with Crippen LogP contribution < -0.4 is 9.60 Å². The summed E-state index contributed by atoms with van der Waals surface area (Å²) in [7, 11) is -2.69. The lowest BCUT2D eigenvalue weighted by Crippen LogP contribution is -2.25. The van der Waals surface area contributed by atoms with E-state index in [9.17, 15) is 18.0 Å². The molecule has 0 aliphatic rings. The Hall–Kier alpha value is -1.49. The molecule has 0 spiro atoms. The molecular weight excluding hydrogens is 336 g/mol. The molecule has 2 rings (SSSR count). The number of ether oxygens (including phenoxy) is 1. The van der Waals surface area contributed by atoms with Crippen LogP contribution in [-0.2, 0) is 21.3 Å². The second-order valence-corrected chi connectivity index (χ2v) is 7.49. The highest BCUT2D eigenvalue weighted by Gasteiger charge is 2.27. The maximum atomic E-state index is 12.3. The van der Waals surface area contributed by atoms with Gasteiger partial charge in [-0.25, -0.2) is 17.9 Å². The van der Waals surface area contributed by atoms with E-state index in [1.807, 2.05) is 0 Å². The molecule has 0 aliphatic heterocycles. The molecule has 21 heavy (non-hydrogen) atoms. The van der Waals surface area contributed by atoms with Crippen LogP contribution in [0.1, 0.15) is 20.9 Å². The highest BCUT2D eigenvalue weighted by atomic mass is 32.2. The van der Waals surface area contributed by atoms with E-state index in [2.05, 4.69) is 14.4 Å². The molecule has 0 saturated heterocycles. The van der Waals surface area contributed by atoms with Gasteiger partial charge in [0, 0.05) is 11.1 Å². The van der Waals surface area contributed by atoms with Gasteiger partial charge in [-0.3, -0.25) is 4.79 Å². The van der Waals surface area contributed by atoms with E-state index in [0.29, 0.717) is 11.3 Å². The van der Waals surface area contributed by atoms with Gasteiger partial charge in [0.15, 0.2) is 0 Å². The van der Waals surface area contributed by atoms with E-state index in [4.69, 9.17) is 0 Å². The van der Waals surface area contributed by atoms with E-state index >= 15 is 0 Å². The number of rotatable bonds is 5. The number of methoxy groups -OCH3 is 1. The fourth-order valence-electron chi connectivity index (χ4n) is 1.65. The first kappa shape index (κ1) is 15.9. The quantitative estimate of drug-likeness (QED) is 0.786. The van der Waals surface area contributed by atoms with Gasteiger partial charge in [0.2, 0.25) is 10.0 Å². The Kier molecular flexibility index (Phi) is 4.61. The van der Waals surface area contributed by atoms with Crippen molar-refractivity contribution < 1.29 is 17.9 Å². The number of hydrogen-bond acceptors (Lipinski definition) is 7. The summed E-state index contributed by atoms with van der Waals surface area (Å²) in [5, 5.41) is 3.11. The van der Waals surface area contributed by atoms with Crippen LogP contribution in [0, 0.1) is 6.92 Å². The molecule has 0 fully saturated rings. The van der Waals surface area contributed by atoms with Gasteiger partial charge >= 0.3 is 10.8 Å². The van der Waals surface area contributed by atoms with E-state index in [0.717, 1.165) is 22.7 Å². The van der Waals surface area contributed by atoms with Gasteiger partial charge < -0.3 is 9.72 Å². The van der Waals surface area contributed by atoms with E-state index < -0.39 is 16.0 Å². The van der Waals surface area contributed by atoms with Crippen molar-refractivity contribution in [3.8, 4) is 0 Å². The smallest absolute Gasteiger partial charge is 0.349 e. The number of aromatic nitrogens is 1. The topological polar surface area (TPSA) is 105 Å². The van der Waals surface area contributed by atoms with Gasteiger partial charge in [-0.15, -0.1) is 11.3 Å². The van der Waals surface area contributed by atoms with E-state index in [-0.39, 0.29) is 21.2 Å². The predicted molar refractivity (Wildman–Crippen MR) is 79.4 cm³/mol. The number of carbonyl (C=O) groups is 1. The molecule has 0 bridgehead atoms. The van der Waals surface area contributed by atoms with Crippen LogP contribution >= 0.6 is 22.7 Å². The lowest BCUT2D eigenvalue weighted by molar-refractivity contribution is 0.0602. The van der Waals surface area contributed by atoms with Gasteiger partial charge in [-0.1, -0.05) is 11.3 Å². The van der Waals surface area contributed by atoms with Gasteiger partial charge in [-0.2, -0.15) is 0 Å². The Bertz CT molecular complexity index is 815. The summed E-state index contributed by atoms with van der Waals surface area (Å²) in [6.07, 6.45) is 0. The molecule has 7 nitrogen and oxygen atoms in total. The Balaban J connectivity index is 2.29. The molecule has 2 aromatic rings. The summed E-state index contributed by atoms with van der Waals surface area (Å²) in [6.45, 7) is 1.54. The summed E-state index contributed by atoms with van der Waals surface area (Å²) in [6, 6.07) is 0. The summed E-state index contributed by atoms with van der Waals surface area (Å²) < 4.78 is 31.6. The standard InChI is InChI=1S/C11H12N2O5S3/c1-6-4-19-8(10(14)18-2)9(6)21(16,17)12-3-7-5-20-11(15)13-7/h4-5,12H,3H2,1-2H3,(H,13,15). The van der Waals surface area contributed by atoms with Gasteiger partial charge in [-0.05, 0) is 17.9 Å². The average molecular weight is 348 g/mol. The molecule has 0 aliphatic carbocycles. The second kappa shape index (κ2) is 6.10. The third kappa shape index (κ3) is 3.40. The number of hydrogen-bond donors (Lipinski definition) is 2. The fourth-order valence-corrected chi connectivity index (χ4v) is 4.94. The van der Waals surface area contributed by atoms with Crippen molar-refractivity contribution >= 4 is 38.7 Å². The Morgan fingerprint density at radius 3 is 2.67 bits per heavy atom. The van der Waals surface area contributed by atoms with Gasteiger partial charge in [0.1, 0.15) is 9.77 Å². The molecule has 2 N–H and O–H groups in total. The van der Waals surface area contributed by atoms with Crippen LogP contribution in [0.15, 0.2) is 20.5 Å². The van der Waals surface area contributed by atoms with Gasteiger partial charge in [0.05, 0.1) is 13.7 Å². The minimum Gasteiger partial charge on any atom is -0.465 e. The Labute approximate surface area is 128 Å². The number of thiophene rings is 1. The first-order valence-corrected chi connectivity index (χ1v) is 8.92. The lowest BCUT2D eigenvalue weighted by atomic mass is 10.3. The van der Waals surface area contributed by atoms with Crippen molar-refractivity contribution in [1.29, 1.82) is 0 Å². The minimum absolute atomic E-state index is 0.0290. The van der Waals surface area contributed by atoms with Crippen LogP contribution in [0.5, 0.6) is 0 Å². The van der Waals surface area contributed by atoms with Crippen LogP contribution in [0.4, 0.5) is 0 Å². The molecule has 2 heterocycles. The summed E-state index contributed by atoms with van der Waals surface area (Å²) >= 11 is 1.96. The SMILES string of the molecule is COC(=O)c1scc(C)c1S(=O)(=O)NCc1csc(=O)[nH]1. The van der Waals surface area contributed by atoms with Crippen molar-refractivity contribution in [2.24, 2.45) is 0 Å². The molecule has 0 atom stereocenters. The van der Waals surface area contributed by atoms with Crippen molar-refractivity contribution in [3.05, 3.63) is 36.6 Å². The number of thiazole rings is 1. The number of carbonyl (C=O) groups excluding carboxylic acids is 1. The number of aryl methyl sites for hydroxylation is 1. The number of H-pyrrole nitrogens is 1. The van der Waals surface area contributed by atoms with Gasteiger partial charge in [0.25, 0.3) is 0 Å². The highest BCUT2D eigenvalue weighted by Crippen LogP contribution is 2.27. The third-order valence-electron chi connectivity index (χ3n) is 2.58. The largest absolute Gasteiger partial charge is 0.465 e. The van der Waals surface area contributed by atoms with Crippen molar-refractivity contribution in [2.75, 3.05) is 7.11 Å². The summed E-state index contributed by atoms with van der Waals surface area (Å²) in [5.74, 6) is -0.697. The maximum absolute atomic E-state index is 12.3. The van der Waals surface area contributed by atoms with Crippen LogP contribution in [-0.4, -0.2) is 26.5 Å². The summed E-state index contributed by atoms with van der Waals surface area (Å²) in [5.41, 5.74) is 0.924. The third-order valence-corrected chi connectivity index (χ3v) is 6.09. The molecule has 114 valence electrons. The number of nitrogens with one attached hydrogen (secondary N) is 2. The molecule has 2 aromatic heterocycles. The van der Waals surface area contributed by atoms with E-state index in [1.54, 1.807) is 12.3 Å². The second-order valence-electron chi connectivity index (χ2n) is 4.07. The van der Waals surface area contributed by atoms with Crippen molar-refractivity contribution in [2.45, 2.75) is 18.4 Å². The monoisotopic (exact) mass is 348 g/mol. The van der Waals surface area contributed by atoms with Crippen LogP contribution in [0.3, 0.4) is 0 Å². The van der Waals surface area contributed by atoms with Crippen molar-refractivity contribution in [3.63, 3.8) is 0 Å². The predicted octanol–water partition coefficient (Wildman–Crippen LogP) is 1.07. The Morgan fingerprint density at radius 2 is 2.10 bits per heavy atom. The number of aromatic amines is 1. The average Bonchev–Trinajstić information content (AvgIpc) is 3.02. The van der Waals surface area contributed by atoms with Crippen molar-refractivity contribution in [1.82, 2.24) is 9.71 Å². The molecule has 0 unspecified atom stereocenters. The first-order valence-electron chi connectivity index (χ1n) is 5.68. The molecule has 0 aromatic carbocycles. The minimum atomic E-state index is -3.88. The number of esters is 1. The fraction of sp³-hybridized carbons (Fsp3) is 0.273. The zero-order chi connectivity index (χ0) is 15.6. The lowest BCUT2D eigenvalue weighted by Gasteiger charge is -2.07. The summed E-state index contributed by atoms with van der Waals surface area (Å²) in [4.78, 5) is 24.8. The molecular formula is C11H12N2O5S3. The van der Waals surface area contributed by atoms with Crippen LogP contribution in [0.2, 0.25) is 0 Å². The zero-order valence-electron chi connectivity index (χ0n) is 11.1.